The van der Waals surface area contributed by atoms with E-state index in [9.17, 15) is 9.59 Å². The number of carboxylic acid groups (broad SMARTS) is 1. The minimum Gasteiger partial charge on any atom is -0.481 e. The molecule has 0 bridgehead atoms. The van der Waals surface area contributed by atoms with Crippen molar-refractivity contribution in [2.45, 2.75) is 51.1 Å². The maximum atomic E-state index is 12.4. The van der Waals surface area contributed by atoms with Crippen LogP contribution in [0.15, 0.2) is 0 Å². The number of urea groups is 1. The van der Waals surface area contributed by atoms with Crippen molar-refractivity contribution in [2.24, 2.45) is 5.92 Å². The predicted molar refractivity (Wildman–Crippen MR) is 75.6 cm³/mol. The average molecular weight is 283 g/mol. The standard InChI is InChI=1S/C14H25N3O3/c1-2-17(11-5-7-15-8-6-11)14(20)16-12(9-13(18)19)10-3-4-10/h10-12,15H,2-9H2,1H3,(H,16,20)(H,18,19). The molecule has 1 heterocycles. The molecule has 1 atom stereocenters. The van der Waals surface area contributed by atoms with Gasteiger partial charge in [-0.1, -0.05) is 0 Å². The molecule has 0 radical (unpaired) electrons. The van der Waals surface area contributed by atoms with E-state index < -0.39 is 5.97 Å². The molecule has 1 unspecified atom stereocenters. The van der Waals surface area contributed by atoms with Gasteiger partial charge in [0.1, 0.15) is 0 Å². The number of nitrogens with one attached hydrogen (secondary N) is 2. The van der Waals surface area contributed by atoms with Gasteiger partial charge >= 0.3 is 12.0 Å². The summed E-state index contributed by atoms with van der Waals surface area (Å²) < 4.78 is 0. The summed E-state index contributed by atoms with van der Waals surface area (Å²) in [5, 5.41) is 15.2. The normalized spacial score (nSPS) is 21.2. The molecular weight excluding hydrogens is 258 g/mol. The van der Waals surface area contributed by atoms with E-state index >= 15 is 0 Å². The van der Waals surface area contributed by atoms with E-state index in [4.69, 9.17) is 5.11 Å². The molecule has 0 aromatic heterocycles. The van der Waals surface area contributed by atoms with Gasteiger partial charge in [0.25, 0.3) is 0 Å². The van der Waals surface area contributed by atoms with Crippen LogP contribution in [0.3, 0.4) is 0 Å². The molecule has 0 aromatic carbocycles. The van der Waals surface area contributed by atoms with Crippen LogP contribution in [0.5, 0.6) is 0 Å². The first kappa shape index (κ1) is 15.1. The van der Waals surface area contributed by atoms with E-state index in [0.29, 0.717) is 12.5 Å². The lowest BCUT2D eigenvalue weighted by Gasteiger charge is -2.35. The van der Waals surface area contributed by atoms with Crippen molar-refractivity contribution >= 4 is 12.0 Å². The predicted octanol–water partition coefficient (Wildman–Crippen LogP) is 1.02. The molecule has 3 N–H and O–H groups in total. The topological polar surface area (TPSA) is 81.7 Å². The highest BCUT2D eigenvalue weighted by atomic mass is 16.4. The Balaban J connectivity index is 1.91. The minimum atomic E-state index is -0.841. The van der Waals surface area contributed by atoms with Gasteiger partial charge in [0.05, 0.1) is 6.42 Å². The third kappa shape index (κ3) is 4.10. The summed E-state index contributed by atoms with van der Waals surface area (Å²) in [6, 6.07) is -0.0424. The van der Waals surface area contributed by atoms with E-state index in [1.54, 1.807) is 0 Å². The number of carboxylic acids is 1. The van der Waals surface area contributed by atoms with Crippen LogP contribution in [0.2, 0.25) is 0 Å². The molecular formula is C14H25N3O3. The summed E-state index contributed by atoms with van der Waals surface area (Å²) in [4.78, 5) is 25.1. The molecule has 2 fully saturated rings. The van der Waals surface area contributed by atoms with Crippen molar-refractivity contribution in [1.29, 1.82) is 0 Å². The zero-order valence-electron chi connectivity index (χ0n) is 12.1. The molecule has 1 saturated heterocycles. The van der Waals surface area contributed by atoms with E-state index in [2.05, 4.69) is 10.6 Å². The zero-order valence-corrected chi connectivity index (χ0v) is 12.1. The highest BCUT2D eigenvalue weighted by Gasteiger charge is 2.35. The fraction of sp³-hybridized carbons (Fsp3) is 0.857. The van der Waals surface area contributed by atoms with Gasteiger partial charge in [-0.25, -0.2) is 4.79 Å². The van der Waals surface area contributed by atoms with Gasteiger partial charge in [-0.15, -0.1) is 0 Å². The first-order valence-corrected chi connectivity index (χ1v) is 7.61. The molecule has 20 heavy (non-hydrogen) atoms. The maximum Gasteiger partial charge on any atom is 0.317 e. The second-order valence-electron chi connectivity index (χ2n) is 5.76. The second kappa shape index (κ2) is 6.92. The minimum absolute atomic E-state index is 0.0280. The Morgan fingerprint density at radius 3 is 2.45 bits per heavy atom. The number of aliphatic carboxylic acids is 1. The molecule has 6 heteroatoms. The van der Waals surface area contributed by atoms with E-state index in [1.165, 1.54) is 0 Å². The Kier molecular flexibility index (Phi) is 5.23. The maximum absolute atomic E-state index is 12.4. The number of rotatable bonds is 6. The van der Waals surface area contributed by atoms with Gasteiger partial charge in [-0.2, -0.15) is 0 Å². The molecule has 0 aromatic rings. The molecule has 6 nitrogen and oxygen atoms in total. The Morgan fingerprint density at radius 1 is 1.30 bits per heavy atom. The van der Waals surface area contributed by atoms with Crippen LogP contribution >= 0.6 is 0 Å². The van der Waals surface area contributed by atoms with E-state index in [-0.39, 0.29) is 24.5 Å². The largest absolute Gasteiger partial charge is 0.481 e. The summed E-state index contributed by atoms with van der Waals surface area (Å²) in [6.45, 7) is 4.52. The third-order valence-electron chi connectivity index (χ3n) is 4.25. The van der Waals surface area contributed by atoms with Crippen LogP contribution in [0, 0.1) is 5.92 Å². The zero-order chi connectivity index (χ0) is 14.5. The highest BCUT2D eigenvalue weighted by molar-refractivity contribution is 5.76. The van der Waals surface area contributed by atoms with E-state index in [0.717, 1.165) is 38.8 Å². The van der Waals surface area contributed by atoms with Crippen LogP contribution in [0.1, 0.15) is 39.0 Å². The number of amides is 2. The van der Waals surface area contributed by atoms with Gasteiger partial charge in [0, 0.05) is 18.6 Å². The first-order chi connectivity index (χ1) is 9.61. The van der Waals surface area contributed by atoms with Crippen LogP contribution in [0.25, 0.3) is 0 Å². The van der Waals surface area contributed by atoms with Crippen molar-refractivity contribution in [3.05, 3.63) is 0 Å². The number of hydrogen-bond donors (Lipinski definition) is 3. The molecule has 2 aliphatic rings. The fourth-order valence-corrected chi connectivity index (χ4v) is 2.95. The fourth-order valence-electron chi connectivity index (χ4n) is 2.95. The van der Waals surface area contributed by atoms with Crippen molar-refractivity contribution in [1.82, 2.24) is 15.5 Å². The highest BCUT2D eigenvalue weighted by Crippen LogP contribution is 2.34. The number of piperidine rings is 1. The van der Waals surface area contributed by atoms with Crippen molar-refractivity contribution in [2.75, 3.05) is 19.6 Å². The van der Waals surface area contributed by atoms with Crippen molar-refractivity contribution < 1.29 is 14.7 Å². The van der Waals surface area contributed by atoms with Gasteiger partial charge in [0.2, 0.25) is 0 Å². The molecule has 2 amide bonds. The van der Waals surface area contributed by atoms with Gasteiger partial charge in [-0.05, 0) is 51.6 Å². The van der Waals surface area contributed by atoms with Gasteiger partial charge < -0.3 is 20.6 Å². The Bertz CT molecular complexity index is 352. The Hall–Kier alpha value is -1.30. The Morgan fingerprint density at radius 2 is 1.95 bits per heavy atom. The summed E-state index contributed by atoms with van der Waals surface area (Å²) in [7, 11) is 0. The first-order valence-electron chi connectivity index (χ1n) is 7.61. The molecule has 2 rings (SSSR count). The van der Waals surface area contributed by atoms with Gasteiger partial charge in [-0.3, -0.25) is 4.79 Å². The molecule has 114 valence electrons. The summed E-state index contributed by atoms with van der Waals surface area (Å²) in [6.07, 6.45) is 4.01. The molecule has 1 aliphatic heterocycles. The van der Waals surface area contributed by atoms with Gasteiger partial charge in [0.15, 0.2) is 0 Å². The van der Waals surface area contributed by atoms with Crippen LogP contribution < -0.4 is 10.6 Å². The van der Waals surface area contributed by atoms with E-state index in [1.807, 2.05) is 11.8 Å². The lowest BCUT2D eigenvalue weighted by molar-refractivity contribution is -0.137. The monoisotopic (exact) mass is 283 g/mol. The van der Waals surface area contributed by atoms with Crippen LogP contribution in [-0.2, 0) is 4.79 Å². The quantitative estimate of drug-likeness (QED) is 0.680. The van der Waals surface area contributed by atoms with Crippen molar-refractivity contribution in [3.63, 3.8) is 0 Å². The van der Waals surface area contributed by atoms with Crippen LogP contribution in [-0.4, -0.2) is 53.7 Å². The lowest BCUT2D eigenvalue weighted by Crippen LogP contribution is -2.52. The SMILES string of the molecule is CCN(C(=O)NC(CC(=O)O)C1CC1)C1CCNCC1. The number of hydrogen-bond acceptors (Lipinski definition) is 3. The third-order valence-corrected chi connectivity index (χ3v) is 4.25. The molecule has 1 aliphatic carbocycles. The number of carbonyl (C=O) groups excluding carboxylic acids is 1. The number of nitrogens with zero attached hydrogens (tertiary/aromatic N) is 1. The number of carbonyl (C=O) groups is 2. The smallest absolute Gasteiger partial charge is 0.317 e. The Labute approximate surface area is 119 Å². The van der Waals surface area contributed by atoms with Crippen LogP contribution in [0.4, 0.5) is 4.79 Å². The lowest BCUT2D eigenvalue weighted by atomic mass is 10.0. The average Bonchev–Trinajstić information content (AvgIpc) is 3.24. The summed E-state index contributed by atoms with van der Waals surface area (Å²) >= 11 is 0. The second-order valence-corrected chi connectivity index (χ2v) is 5.76. The summed E-state index contributed by atoms with van der Waals surface area (Å²) in [5.74, 6) is -0.492. The molecule has 0 spiro atoms. The summed E-state index contributed by atoms with van der Waals surface area (Å²) in [5.41, 5.74) is 0. The van der Waals surface area contributed by atoms with Crippen molar-refractivity contribution in [3.8, 4) is 0 Å². The molecule has 1 saturated carbocycles.